The van der Waals surface area contributed by atoms with Gasteiger partial charge in [-0.1, -0.05) is 12.8 Å². The molecule has 0 aromatic rings. The minimum Gasteiger partial charge on any atom is -0.391 e. The fourth-order valence-corrected chi connectivity index (χ4v) is 3.65. The molecule has 3 aliphatic rings. The van der Waals surface area contributed by atoms with Crippen LogP contribution in [0.25, 0.3) is 0 Å². The van der Waals surface area contributed by atoms with Gasteiger partial charge in [-0.2, -0.15) is 0 Å². The lowest BCUT2D eigenvalue weighted by Crippen LogP contribution is -2.40. The maximum atomic E-state index is 9.77. The molecule has 4 unspecified atom stereocenters. The Labute approximate surface area is 104 Å². The first-order valence-electron chi connectivity index (χ1n) is 7.45. The average molecular weight is 238 g/mol. The number of rotatable bonds is 4. The second-order valence-electron chi connectivity index (χ2n) is 6.35. The van der Waals surface area contributed by atoms with Crippen molar-refractivity contribution in [2.75, 3.05) is 19.6 Å². The summed E-state index contributed by atoms with van der Waals surface area (Å²) < 4.78 is 0. The first-order chi connectivity index (χ1) is 8.33. The van der Waals surface area contributed by atoms with Gasteiger partial charge in [0.15, 0.2) is 0 Å². The van der Waals surface area contributed by atoms with E-state index in [1.165, 1.54) is 38.5 Å². The maximum Gasteiger partial charge on any atom is 0.0716 e. The van der Waals surface area contributed by atoms with E-state index in [1.807, 2.05) is 0 Å². The van der Waals surface area contributed by atoms with Gasteiger partial charge in [0.1, 0.15) is 0 Å². The third-order valence-electron chi connectivity index (χ3n) is 4.98. The Hall–Kier alpha value is -0.120. The molecule has 4 atom stereocenters. The number of hydrogen-bond donors (Lipinski definition) is 3. The van der Waals surface area contributed by atoms with E-state index in [4.69, 9.17) is 0 Å². The molecule has 3 fully saturated rings. The zero-order chi connectivity index (χ0) is 11.7. The number of nitrogens with one attached hydrogen (secondary N) is 2. The number of hydrogen-bond acceptors (Lipinski definition) is 3. The van der Waals surface area contributed by atoms with E-state index in [2.05, 4.69) is 10.6 Å². The van der Waals surface area contributed by atoms with Crippen LogP contribution in [0.15, 0.2) is 0 Å². The molecule has 1 saturated heterocycles. The summed E-state index contributed by atoms with van der Waals surface area (Å²) in [6.07, 6.45) is 8.46. The van der Waals surface area contributed by atoms with Crippen LogP contribution in [-0.4, -0.2) is 36.9 Å². The van der Waals surface area contributed by atoms with Crippen molar-refractivity contribution in [1.29, 1.82) is 0 Å². The molecule has 1 heterocycles. The summed E-state index contributed by atoms with van der Waals surface area (Å²) >= 11 is 0. The molecule has 0 amide bonds. The van der Waals surface area contributed by atoms with Crippen LogP contribution in [0.5, 0.6) is 0 Å². The smallest absolute Gasteiger partial charge is 0.0716 e. The van der Waals surface area contributed by atoms with Crippen LogP contribution in [0, 0.1) is 17.8 Å². The summed E-state index contributed by atoms with van der Waals surface area (Å²) in [4.78, 5) is 0. The lowest BCUT2D eigenvalue weighted by atomic mass is 9.82. The van der Waals surface area contributed by atoms with Crippen molar-refractivity contribution in [1.82, 2.24) is 10.6 Å². The van der Waals surface area contributed by atoms with E-state index in [-0.39, 0.29) is 6.10 Å². The van der Waals surface area contributed by atoms with E-state index >= 15 is 0 Å². The molecule has 0 aromatic heterocycles. The van der Waals surface area contributed by atoms with Gasteiger partial charge in [0.05, 0.1) is 6.10 Å². The minimum absolute atomic E-state index is 0.134. The summed E-state index contributed by atoms with van der Waals surface area (Å²) in [5, 5.41) is 16.7. The molecule has 0 radical (unpaired) electrons. The van der Waals surface area contributed by atoms with Crippen LogP contribution in [0.1, 0.15) is 38.5 Å². The predicted octanol–water partition coefficient (Wildman–Crippen LogP) is 1.13. The second-order valence-corrected chi connectivity index (χ2v) is 6.35. The van der Waals surface area contributed by atoms with Gasteiger partial charge in [0.2, 0.25) is 0 Å². The Morgan fingerprint density at radius 3 is 2.65 bits per heavy atom. The van der Waals surface area contributed by atoms with Crippen molar-refractivity contribution in [2.45, 2.75) is 50.7 Å². The molecular weight excluding hydrogens is 212 g/mol. The monoisotopic (exact) mass is 238 g/mol. The summed E-state index contributed by atoms with van der Waals surface area (Å²) in [6.45, 7) is 2.75. The van der Waals surface area contributed by atoms with Gasteiger partial charge >= 0.3 is 0 Å². The first-order valence-corrected chi connectivity index (χ1v) is 7.45. The van der Waals surface area contributed by atoms with Crippen LogP contribution in [0.4, 0.5) is 0 Å². The van der Waals surface area contributed by atoms with Crippen molar-refractivity contribution in [3.8, 4) is 0 Å². The van der Waals surface area contributed by atoms with Gasteiger partial charge in [-0.15, -0.1) is 0 Å². The molecule has 17 heavy (non-hydrogen) atoms. The highest BCUT2D eigenvalue weighted by atomic mass is 16.3. The molecule has 3 N–H and O–H groups in total. The van der Waals surface area contributed by atoms with E-state index in [0.29, 0.717) is 5.92 Å². The topological polar surface area (TPSA) is 44.3 Å². The molecule has 0 spiro atoms. The van der Waals surface area contributed by atoms with Crippen LogP contribution < -0.4 is 10.6 Å². The van der Waals surface area contributed by atoms with Crippen molar-refractivity contribution < 1.29 is 5.11 Å². The van der Waals surface area contributed by atoms with E-state index in [1.54, 1.807) is 0 Å². The number of aliphatic hydroxyl groups excluding tert-OH is 1. The van der Waals surface area contributed by atoms with Crippen LogP contribution >= 0.6 is 0 Å². The SMILES string of the molecule is OC1CNCC1CNC1CCCC(C2CC2)C1. The zero-order valence-corrected chi connectivity index (χ0v) is 10.7. The van der Waals surface area contributed by atoms with Crippen molar-refractivity contribution in [3.05, 3.63) is 0 Å². The highest BCUT2D eigenvalue weighted by molar-refractivity contribution is 4.89. The standard InChI is InChI=1S/C14H26N2O/c17-14-9-15-7-12(14)8-16-13-3-1-2-11(6-13)10-4-5-10/h10-17H,1-9H2. The first kappa shape index (κ1) is 11.9. The highest BCUT2D eigenvalue weighted by Crippen LogP contribution is 2.43. The predicted molar refractivity (Wildman–Crippen MR) is 68.8 cm³/mol. The van der Waals surface area contributed by atoms with Crippen molar-refractivity contribution in [3.63, 3.8) is 0 Å². The largest absolute Gasteiger partial charge is 0.391 e. The van der Waals surface area contributed by atoms with Gasteiger partial charge in [0, 0.05) is 31.6 Å². The highest BCUT2D eigenvalue weighted by Gasteiger charge is 2.35. The molecule has 0 aromatic carbocycles. The van der Waals surface area contributed by atoms with Gasteiger partial charge in [0.25, 0.3) is 0 Å². The van der Waals surface area contributed by atoms with E-state index < -0.39 is 0 Å². The molecule has 2 saturated carbocycles. The summed E-state index contributed by atoms with van der Waals surface area (Å²) in [5.41, 5.74) is 0. The molecular formula is C14H26N2O. The summed E-state index contributed by atoms with van der Waals surface area (Å²) in [6, 6.07) is 0.724. The fraction of sp³-hybridized carbons (Fsp3) is 1.00. The van der Waals surface area contributed by atoms with Crippen LogP contribution in [0.2, 0.25) is 0 Å². The van der Waals surface area contributed by atoms with Gasteiger partial charge in [-0.05, 0) is 37.5 Å². The summed E-state index contributed by atoms with van der Waals surface area (Å²) in [7, 11) is 0. The van der Waals surface area contributed by atoms with Gasteiger partial charge in [-0.25, -0.2) is 0 Å². The minimum atomic E-state index is -0.134. The molecule has 2 aliphatic carbocycles. The third kappa shape index (κ3) is 3.01. The molecule has 3 nitrogen and oxygen atoms in total. The van der Waals surface area contributed by atoms with E-state index in [9.17, 15) is 5.11 Å². The molecule has 98 valence electrons. The quantitative estimate of drug-likeness (QED) is 0.688. The third-order valence-corrected chi connectivity index (χ3v) is 4.98. The van der Waals surface area contributed by atoms with Gasteiger partial charge < -0.3 is 15.7 Å². The Kier molecular flexibility index (Phi) is 3.69. The Bertz CT molecular complexity index is 255. The lowest BCUT2D eigenvalue weighted by molar-refractivity contribution is 0.140. The zero-order valence-electron chi connectivity index (χ0n) is 10.7. The number of aliphatic hydroxyl groups is 1. The Balaban J connectivity index is 1.41. The Morgan fingerprint density at radius 1 is 1.06 bits per heavy atom. The van der Waals surface area contributed by atoms with Crippen LogP contribution in [-0.2, 0) is 0 Å². The normalized spacial score (nSPS) is 42.9. The second kappa shape index (κ2) is 5.25. The molecule has 1 aliphatic heterocycles. The number of β-amino-alcohol motifs (C(OH)–C–C–N with tert-alkyl or cyclic N) is 1. The molecule has 0 bridgehead atoms. The Morgan fingerprint density at radius 2 is 1.94 bits per heavy atom. The van der Waals surface area contributed by atoms with Crippen LogP contribution in [0.3, 0.4) is 0 Å². The fourth-order valence-electron chi connectivity index (χ4n) is 3.65. The maximum absolute atomic E-state index is 9.77. The lowest BCUT2D eigenvalue weighted by Gasteiger charge is -2.31. The van der Waals surface area contributed by atoms with E-state index in [0.717, 1.165) is 37.5 Å². The van der Waals surface area contributed by atoms with Crippen molar-refractivity contribution in [2.24, 2.45) is 17.8 Å². The van der Waals surface area contributed by atoms with Gasteiger partial charge in [-0.3, -0.25) is 0 Å². The molecule has 3 rings (SSSR count). The molecule has 3 heteroatoms. The summed E-state index contributed by atoms with van der Waals surface area (Å²) in [5.74, 6) is 2.50. The average Bonchev–Trinajstić information content (AvgIpc) is 3.12. The van der Waals surface area contributed by atoms with Crippen molar-refractivity contribution >= 4 is 0 Å².